The van der Waals surface area contributed by atoms with E-state index in [1.165, 1.54) is 20.3 Å². The summed E-state index contributed by atoms with van der Waals surface area (Å²) in [6.45, 7) is 0. The summed E-state index contributed by atoms with van der Waals surface area (Å²) < 4.78 is 9.84. The van der Waals surface area contributed by atoms with Crippen molar-refractivity contribution in [3.05, 3.63) is 20.8 Å². The average molecular weight is 263 g/mol. The van der Waals surface area contributed by atoms with Crippen LogP contribution < -0.4 is 9.47 Å². The topological polar surface area (TPSA) is 74.5 Å². The van der Waals surface area contributed by atoms with Crippen molar-refractivity contribution in [2.24, 2.45) is 0 Å². The lowest BCUT2D eigenvalue weighted by Crippen LogP contribution is -1.98. The molecule has 0 saturated carbocycles. The first-order valence-electron chi connectivity index (χ1n) is 3.53. The van der Waals surface area contributed by atoms with Gasteiger partial charge >= 0.3 is 5.69 Å². The van der Waals surface area contributed by atoms with E-state index in [0.29, 0.717) is 0 Å². The first-order chi connectivity index (χ1) is 6.60. The highest BCUT2D eigenvalue weighted by Gasteiger charge is 2.18. The van der Waals surface area contributed by atoms with E-state index in [4.69, 9.17) is 9.47 Å². The normalized spacial score (nSPS) is 9.64. The Morgan fingerprint density at radius 2 is 2.14 bits per heavy atom. The van der Waals surface area contributed by atoms with Crippen LogP contribution in [0.25, 0.3) is 0 Å². The molecule has 0 atom stereocenters. The summed E-state index contributed by atoms with van der Waals surface area (Å²) in [6, 6.07) is 1.25. The number of pyridine rings is 1. The van der Waals surface area contributed by atoms with Gasteiger partial charge < -0.3 is 9.47 Å². The zero-order chi connectivity index (χ0) is 10.7. The monoisotopic (exact) mass is 262 g/mol. The van der Waals surface area contributed by atoms with Crippen LogP contribution in [0.4, 0.5) is 5.69 Å². The van der Waals surface area contributed by atoms with Crippen molar-refractivity contribution in [2.75, 3.05) is 14.2 Å². The van der Waals surface area contributed by atoms with E-state index in [0.717, 1.165) is 0 Å². The maximum atomic E-state index is 10.5. The van der Waals surface area contributed by atoms with Crippen molar-refractivity contribution in [3.63, 3.8) is 0 Å². The molecule has 0 fully saturated rings. The van der Waals surface area contributed by atoms with E-state index in [1.54, 1.807) is 0 Å². The van der Waals surface area contributed by atoms with Crippen molar-refractivity contribution >= 4 is 21.6 Å². The van der Waals surface area contributed by atoms with Crippen molar-refractivity contribution in [1.29, 1.82) is 0 Å². The van der Waals surface area contributed by atoms with Gasteiger partial charge in [-0.2, -0.15) is 4.98 Å². The Balaban J connectivity index is 3.30. The number of ether oxygens (including phenoxy) is 2. The summed E-state index contributed by atoms with van der Waals surface area (Å²) in [7, 11) is 2.79. The largest absolute Gasteiger partial charge is 0.491 e. The summed E-state index contributed by atoms with van der Waals surface area (Å²) >= 11 is 2.96. The first kappa shape index (κ1) is 10.7. The summed E-state index contributed by atoms with van der Waals surface area (Å²) in [5.74, 6) is 0.423. The fourth-order valence-electron chi connectivity index (χ4n) is 0.867. The number of halogens is 1. The Morgan fingerprint density at radius 3 is 2.57 bits per heavy atom. The third-order valence-corrected chi connectivity index (χ3v) is 2.08. The zero-order valence-corrected chi connectivity index (χ0v) is 9.07. The zero-order valence-electron chi connectivity index (χ0n) is 7.48. The summed E-state index contributed by atoms with van der Waals surface area (Å²) in [6.07, 6.45) is 0. The molecule has 6 nitrogen and oxygen atoms in total. The molecule has 0 saturated heterocycles. The molecule has 76 valence electrons. The summed E-state index contributed by atoms with van der Waals surface area (Å²) in [4.78, 5) is 13.8. The summed E-state index contributed by atoms with van der Waals surface area (Å²) in [5, 5.41) is 10.5. The predicted octanol–water partition coefficient (Wildman–Crippen LogP) is 1.77. The Bertz CT molecular complexity index is 369. The van der Waals surface area contributed by atoms with Gasteiger partial charge in [0.25, 0.3) is 5.88 Å². The second kappa shape index (κ2) is 4.23. The number of hydrogen-bond donors (Lipinski definition) is 0. The molecule has 0 N–H and O–H groups in total. The van der Waals surface area contributed by atoms with Crippen molar-refractivity contribution in [3.8, 4) is 11.6 Å². The predicted molar refractivity (Wildman–Crippen MR) is 51.7 cm³/mol. The second-order valence-electron chi connectivity index (χ2n) is 2.27. The highest BCUT2D eigenvalue weighted by Crippen LogP contribution is 2.33. The van der Waals surface area contributed by atoms with Crippen LogP contribution >= 0.6 is 15.9 Å². The first-order valence-corrected chi connectivity index (χ1v) is 4.32. The molecular weight excluding hydrogens is 256 g/mol. The van der Waals surface area contributed by atoms with Gasteiger partial charge in [-0.1, -0.05) is 0 Å². The van der Waals surface area contributed by atoms with Gasteiger partial charge in [-0.3, -0.25) is 10.1 Å². The highest BCUT2D eigenvalue weighted by molar-refractivity contribution is 9.10. The third-order valence-electron chi connectivity index (χ3n) is 1.50. The number of methoxy groups -OCH3 is 2. The van der Waals surface area contributed by atoms with Crippen LogP contribution in [0.5, 0.6) is 11.6 Å². The minimum absolute atomic E-state index is 0.111. The van der Waals surface area contributed by atoms with Gasteiger partial charge in [0, 0.05) is 0 Å². The molecule has 1 rings (SSSR count). The van der Waals surface area contributed by atoms with Crippen molar-refractivity contribution < 1.29 is 14.4 Å². The minimum atomic E-state index is -0.557. The van der Waals surface area contributed by atoms with E-state index in [9.17, 15) is 10.1 Å². The van der Waals surface area contributed by atoms with Gasteiger partial charge in [-0.05, 0) is 15.9 Å². The lowest BCUT2D eigenvalue weighted by molar-refractivity contribution is -0.386. The van der Waals surface area contributed by atoms with Gasteiger partial charge in [-0.15, -0.1) is 0 Å². The molecule has 1 aromatic heterocycles. The molecule has 0 aliphatic rings. The maximum Gasteiger partial charge on any atom is 0.305 e. The molecule has 0 amide bonds. The molecular formula is C7H7BrN2O4. The van der Waals surface area contributed by atoms with E-state index >= 15 is 0 Å². The lowest BCUT2D eigenvalue weighted by atomic mass is 10.4. The van der Waals surface area contributed by atoms with Crippen LogP contribution in [0.2, 0.25) is 0 Å². The fourth-order valence-corrected chi connectivity index (χ4v) is 1.29. The molecule has 0 spiro atoms. The molecule has 0 aromatic carbocycles. The molecule has 1 aromatic rings. The Kier molecular flexibility index (Phi) is 3.23. The van der Waals surface area contributed by atoms with Crippen molar-refractivity contribution in [2.45, 2.75) is 0 Å². The highest BCUT2D eigenvalue weighted by atomic mass is 79.9. The van der Waals surface area contributed by atoms with Crippen LogP contribution in [0.1, 0.15) is 0 Å². The van der Waals surface area contributed by atoms with Crippen LogP contribution in [-0.2, 0) is 0 Å². The standard InChI is InChI=1S/C7H7BrN2O4/c1-13-5-3-4(10(11)12)6(8)9-7(5)14-2/h3H,1-2H3. The number of nitrogens with zero attached hydrogens (tertiary/aromatic N) is 2. The van der Waals surface area contributed by atoms with Crippen LogP contribution in [0.15, 0.2) is 10.7 Å². The van der Waals surface area contributed by atoms with Gasteiger partial charge in [0.15, 0.2) is 10.4 Å². The van der Waals surface area contributed by atoms with Crippen LogP contribution in [-0.4, -0.2) is 24.1 Å². The molecule has 0 aliphatic carbocycles. The van der Waals surface area contributed by atoms with Crippen molar-refractivity contribution in [1.82, 2.24) is 4.98 Å². The minimum Gasteiger partial charge on any atom is -0.491 e. The van der Waals surface area contributed by atoms with E-state index in [1.807, 2.05) is 0 Å². The molecule has 7 heteroatoms. The SMILES string of the molecule is COc1cc([N+](=O)[O-])c(Br)nc1OC. The molecule has 0 aliphatic heterocycles. The van der Waals surface area contributed by atoms with E-state index < -0.39 is 4.92 Å². The lowest BCUT2D eigenvalue weighted by Gasteiger charge is -2.05. The molecule has 0 bridgehead atoms. The van der Waals surface area contributed by atoms with Crippen LogP contribution in [0.3, 0.4) is 0 Å². The van der Waals surface area contributed by atoms with E-state index in [2.05, 4.69) is 20.9 Å². The smallest absolute Gasteiger partial charge is 0.305 e. The quantitative estimate of drug-likeness (QED) is 0.472. The number of rotatable bonds is 3. The number of aromatic nitrogens is 1. The Labute approximate surface area is 88.1 Å². The van der Waals surface area contributed by atoms with Gasteiger partial charge in [0.1, 0.15) is 0 Å². The van der Waals surface area contributed by atoms with Gasteiger partial charge in [-0.25, -0.2) is 0 Å². The van der Waals surface area contributed by atoms with Gasteiger partial charge in [0.05, 0.1) is 25.2 Å². The van der Waals surface area contributed by atoms with Crippen LogP contribution in [0, 0.1) is 10.1 Å². The average Bonchev–Trinajstić information content (AvgIpc) is 2.16. The fraction of sp³-hybridized carbons (Fsp3) is 0.286. The molecule has 14 heavy (non-hydrogen) atoms. The van der Waals surface area contributed by atoms with E-state index in [-0.39, 0.29) is 21.9 Å². The summed E-state index contributed by atoms with van der Waals surface area (Å²) in [5.41, 5.74) is -0.164. The Hall–Kier alpha value is -1.37. The molecule has 1 heterocycles. The molecule has 0 unspecified atom stereocenters. The van der Waals surface area contributed by atoms with Gasteiger partial charge in [0.2, 0.25) is 0 Å². The third kappa shape index (κ3) is 1.92. The number of hydrogen-bond acceptors (Lipinski definition) is 5. The second-order valence-corrected chi connectivity index (χ2v) is 3.02. The Morgan fingerprint density at radius 1 is 1.50 bits per heavy atom. The number of nitro groups is 1. The molecule has 0 radical (unpaired) electrons. The maximum absolute atomic E-state index is 10.5.